The number of hydrogen-bond donors (Lipinski definition) is 0. The Morgan fingerprint density at radius 1 is 1.21 bits per heavy atom. The van der Waals surface area contributed by atoms with E-state index in [-0.39, 0.29) is 17.0 Å². The third kappa shape index (κ3) is 2.87. The molecular formula is C14H19BFNO2. The molecule has 0 radical (unpaired) electrons. The highest BCUT2D eigenvalue weighted by molar-refractivity contribution is 6.52. The van der Waals surface area contributed by atoms with Crippen LogP contribution in [0.15, 0.2) is 18.2 Å². The minimum Gasteiger partial charge on any atom is -0.400 e. The van der Waals surface area contributed by atoms with E-state index in [1.165, 1.54) is 6.07 Å². The number of pyridine rings is 1. The smallest absolute Gasteiger partial charge is 0.400 e. The average Bonchev–Trinajstić information content (AvgIpc) is 2.49. The van der Waals surface area contributed by atoms with E-state index in [1.807, 2.05) is 27.7 Å². The molecule has 1 aliphatic rings. The first kappa shape index (κ1) is 14.2. The Bertz CT molecular complexity index is 498. The van der Waals surface area contributed by atoms with E-state index in [1.54, 1.807) is 25.2 Å². The lowest BCUT2D eigenvalue weighted by molar-refractivity contribution is 0.00578. The molecule has 1 aliphatic heterocycles. The van der Waals surface area contributed by atoms with Crippen molar-refractivity contribution in [3.63, 3.8) is 0 Å². The fourth-order valence-corrected chi connectivity index (χ4v) is 1.77. The third-order valence-corrected chi connectivity index (χ3v) is 3.76. The van der Waals surface area contributed by atoms with Crippen LogP contribution in [0.2, 0.25) is 0 Å². The summed E-state index contributed by atoms with van der Waals surface area (Å²) in [5, 5.41) is 0. The number of halogens is 1. The molecule has 0 spiro atoms. The van der Waals surface area contributed by atoms with Crippen LogP contribution in [0.4, 0.5) is 4.39 Å². The summed E-state index contributed by atoms with van der Waals surface area (Å²) in [6.07, 6.45) is 3.39. The molecule has 1 fully saturated rings. The van der Waals surface area contributed by atoms with Gasteiger partial charge in [-0.2, -0.15) is 0 Å². The molecule has 0 bridgehead atoms. The van der Waals surface area contributed by atoms with Gasteiger partial charge in [0.25, 0.3) is 0 Å². The Morgan fingerprint density at radius 2 is 1.79 bits per heavy atom. The van der Waals surface area contributed by atoms with Crippen LogP contribution in [0, 0.1) is 12.7 Å². The molecule has 0 saturated carbocycles. The van der Waals surface area contributed by atoms with Gasteiger partial charge in [-0.15, -0.1) is 0 Å². The third-order valence-electron chi connectivity index (χ3n) is 3.76. The Kier molecular flexibility index (Phi) is 3.54. The van der Waals surface area contributed by atoms with Gasteiger partial charge in [0.15, 0.2) is 0 Å². The van der Waals surface area contributed by atoms with E-state index in [4.69, 9.17) is 9.31 Å². The quantitative estimate of drug-likeness (QED) is 0.768. The second-order valence-corrected chi connectivity index (χ2v) is 5.82. The maximum absolute atomic E-state index is 13.4. The van der Waals surface area contributed by atoms with Crippen LogP contribution in [0.3, 0.4) is 0 Å². The lowest BCUT2D eigenvalue weighted by Gasteiger charge is -2.32. The molecule has 0 N–H and O–H groups in total. The van der Waals surface area contributed by atoms with Gasteiger partial charge in [0.2, 0.25) is 0 Å². The number of aryl methyl sites for hydroxylation is 1. The summed E-state index contributed by atoms with van der Waals surface area (Å²) in [4.78, 5) is 3.97. The maximum atomic E-state index is 13.4. The van der Waals surface area contributed by atoms with Crippen LogP contribution in [-0.4, -0.2) is 23.3 Å². The Balaban J connectivity index is 2.10. The van der Waals surface area contributed by atoms with Crippen molar-refractivity contribution in [1.82, 2.24) is 4.98 Å². The molecule has 1 aromatic rings. The summed E-state index contributed by atoms with van der Waals surface area (Å²) < 4.78 is 25.0. The van der Waals surface area contributed by atoms with Crippen molar-refractivity contribution < 1.29 is 13.7 Å². The van der Waals surface area contributed by atoms with Crippen LogP contribution >= 0.6 is 0 Å². The van der Waals surface area contributed by atoms with Gasteiger partial charge in [-0.3, -0.25) is 4.98 Å². The van der Waals surface area contributed by atoms with Crippen LogP contribution in [0.1, 0.15) is 39.0 Å². The van der Waals surface area contributed by atoms with Gasteiger partial charge < -0.3 is 9.31 Å². The molecule has 102 valence electrons. The summed E-state index contributed by atoms with van der Waals surface area (Å²) in [5.41, 5.74) is 0.364. The van der Waals surface area contributed by atoms with Crippen molar-refractivity contribution in [1.29, 1.82) is 0 Å². The van der Waals surface area contributed by atoms with Crippen LogP contribution in [0.25, 0.3) is 6.08 Å². The van der Waals surface area contributed by atoms with Gasteiger partial charge in [0, 0.05) is 6.20 Å². The van der Waals surface area contributed by atoms with Crippen LogP contribution in [-0.2, 0) is 9.31 Å². The second kappa shape index (κ2) is 4.73. The standard InChI is InChI=1S/C14H19BFNO2/c1-10-12(16)8-11(9-17-10)6-7-15-18-13(2,3)14(4,5)19-15/h6-9H,1-5H3/b7-6+. The highest BCUT2D eigenvalue weighted by Gasteiger charge is 2.49. The molecule has 0 aliphatic carbocycles. The Hall–Kier alpha value is -1.20. The van der Waals surface area contributed by atoms with Crippen molar-refractivity contribution in [2.45, 2.75) is 45.8 Å². The summed E-state index contributed by atoms with van der Waals surface area (Å²) in [6.45, 7) is 9.61. The predicted octanol–water partition coefficient (Wildman–Crippen LogP) is 3.17. The molecule has 5 heteroatoms. The highest BCUT2D eigenvalue weighted by Crippen LogP contribution is 2.36. The zero-order valence-corrected chi connectivity index (χ0v) is 12.0. The monoisotopic (exact) mass is 263 g/mol. The van der Waals surface area contributed by atoms with Crippen LogP contribution in [0.5, 0.6) is 0 Å². The molecule has 0 atom stereocenters. The molecule has 19 heavy (non-hydrogen) atoms. The van der Waals surface area contributed by atoms with E-state index in [0.29, 0.717) is 11.3 Å². The highest BCUT2D eigenvalue weighted by atomic mass is 19.1. The fourth-order valence-electron chi connectivity index (χ4n) is 1.77. The SMILES string of the molecule is Cc1ncc(/C=C/B2OC(C)(C)C(C)(C)O2)cc1F. The molecule has 2 heterocycles. The number of rotatable bonds is 2. The normalized spacial score (nSPS) is 21.3. The largest absolute Gasteiger partial charge is 0.487 e. The summed E-state index contributed by atoms with van der Waals surface area (Å²) in [5.74, 6) is 1.47. The maximum Gasteiger partial charge on any atom is 0.487 e. The summed E-state index contributed by atoms with van der Waals surface area (Å²) >= 11 is 0. The van der Waals surface area contributed by atoms with Crippen molar-refractivity contribution in [2.24, 2.45) is 0 Å². The fraction of sp³-hybridized carbons (Fsp3) is 0.500. The van der Waals surface area contributed by atoms with Crippen molar-refractivity contribution in [3.05, 3.63) is 35.3 Å². The minimum atomic E-state index is -0.422. The summed E-state index contributed by atoms with van der Waals surface area (Å²) in [6, 6.07) is 1.45. The average molecular weight is 263 g/mol. The van der Waals surface area contributed by atoms with Gasteiger partial charge >= 0.3 is 7.12 Å². The van der Waals surface area contributed by atoms with Gasteiger partial charge in [-0.1, -0.05) is 12.1 Å². The van der Waals surface area contributed by atoms with E-state index in [2.05, 4.69) is 4.98 Å². The topological polar surface area (TPSA) is 31.4 Å². The van der Waals surface area contributed by atoms with E-state index >= 15 is 0 Å². The molecule has 0 unspecified atom stereocenters. The van der Waals surface area contributed by atoms with Gasteiger partial charge in [0.1, 0.15) is 5.82 Å². The molecule has 1 aromatic heterocycles. The van der Waals surface area contributed by atoms with Gasteiger partial charge in [0.05, 0.1) is 16.9 Å². The molecule has 3 nitrogen and oxygen atoms in total. The minimum absolute atomic E-state index is 0.309. The first-order chi connectivity index (χ1) is 8.71. The van der Waals surface area contributed by atoms with Crippen molar-refractivity contribution >= 4 is 13.2 Å². The van der Waals surface area contributed by atoms with Gasteiger partial charge in [-0.25, -0.2) is 4.39 Å². The zero-order chi connectivity index (χ0) is 14.3. The molecule has 0 amide bonds. The zero-order valence-electron chi connectivity index (χ0n) is 12.0. The number of aromatic nitrogens is 1. The van der Waals surface area contributed by atoms with E-state index in [9.17, 15) is 4.39 Å². The molecule has 2 rings (SSSR count). The molecular weight excluding hydrogens is 244 g/mol. The first-order valence-corrected chi connectivity index (χ1v) is 6.37. The lowest BCUT2D eigenvalue weighted by Crippen LogP contribution is -2.41. The van der Waals surface area contributed by atoms with E-state index < -0.39 is 7.12 Å². The van der Waals surface area contributed by atoms with Crippen molar-refractivity contribution in [2.75, 3.05) is 0 Å². The summed E-state index contributed by atoms with van der Waals surface area (Å²) in [7, 11) is -0.422. The van der Waals surface area contributed by atoms with Crippen molar-refractivity contribution in [3.8, 4) is 0 Å². The first-order valence-electron chi connectivity index (χ1n) is 6.37. The molecule has 1 saturated heterocycles. The Morgan fingerprint density at radius 3 is 2.32 bits per heavy atom. The predicted molar refractivity (Wildman–Crippen MR) is 74.0 cm³/mol. The number of hydrogen-bond acceptors (Lipinski definition) is 3. The second-order valence-electron chi connectivity index (χ2n) is 5.82. The van der Waals surface area contributed by atoms with Crippen LogP contribution < -0.4 is 0 Å². The molecule has 0 aromatic carbocycles. The lowest BCUT2D eigenvalue weighted by atomic mass is 9.89. The Labute approximate surface area is 114 Å². The van der Waals surface area contributed by atoms with Gasteiger partial charge in [-0.05, 0) is 46.2 Å². The number of nitrogens with zero attached hydrogens (tertiary/aromatic N) is 1. The van der Waals surface area contributed by atoms with E-state index in [0.717, 1.165) is 0 Å².